The van der Waals surface area contributed by atoms with Gasteiger partial charge >= 0.3 is 0 Å². The van der Waals surface area contributed by atoms with Gasteiger partial charge in [0.1, 0.15) is 0 Å². The van der Waals surface area contributed by atoms with Crippen molar-refractivity contribution in [3.63, 3.8) is 0 Å². The Hall–Kier alpha value is -1.03. The van der Waals surface area contributed by atoms with Crippen LogP contribution < -0.4 is 5.73 Å². The average molecular weight is 308 g/mol. The van der Waals surface area contributed by atoms with Crippen molar-refractivity contribution < 1.29 is 0 Å². The molecule has 3 rings (SSSR count). The predicted octanol–water partition coefficient (Wildman–Crippen LogP) is 3.96. The molecule has 1 aliphatic rings. The van der Waals surface area contributed by atoms with E-state index in [1.165, 1.54) is 32.1 Å². The van der Waals surface area contributed by atoms with Crippen molar-refractivity contribution in [2.75, 3.05) is 5.73 Å². The summed E-state index contributed by atoms with van der Waals surface area (Å²) >= 11 is 3.47. The molecule has 0 spiro atoms. The molecule has 1 saturated carbocycles. The van der Waals surface area contributed by atoms with Crippen molar-refractivity contribution in [1.82, 2.24) is 9.55 Å². The second kappa shape index (κ2) is 4.92. The summed E-state index contributed by atoms with van der Waals surface area (Å²) in [5, 5.41) is 0. The van der Waals surface area contributed by atoms with E-state index < -0.39 is 0 Å². The van der Waals surface area contributed by atoms with E-state index in [2.05, 4.69) is 37.6 Å². The number of halogens is 1. The van der Waals surface area contributed by atoms with Crippen molar-refractivity contribution >= 4 is 32.9 Å². The van der Waals surface area contributed by atoms with Gasteiger partial charge in [-0.2, -0.15) is 0 Å². The van der Waals surface area contributed by atoms with Gasteiger partial charge in [-0.25, -0.2) is 4.98 Å². The maximum absolute atomic E-state index is 6.06. The quantitative estimate of drug-likeness (QED) is 0.912. The Morgan fingerprint density at radius 3 is 2.83 bits per heavy atom. The first-order chi connectivity index (χ1) is 8.74. The molecule has 18 heavy (non-hydrogen) atoms. The number of hydrogen-bond acceptors (Lipinski definition) is 2. The third-order valence-corrected chi connectivity index (χ3v) is 4.40. The largest absolute Gasteiger partial charge is 0.369 e. The van der Waals surface area contributed by atoms with Gasteiger partial charge in [0.05, 0.1) is 11.0 Å². The molecule has 2 aromatic rings. The van der Waals surface area contributed by atoms with Crippen LogP contribution >= 0.6 is 15.9 Å². The molecule has 0 amide bonds. The smallest absolute Gasteiger partial charge is 0.201 e. The van der Waals surface area contributed by atoms with E-state index in [4.69, 9.17) is 5.73 Å². The monoisotopic (exact) mass is 307 g/mol. The van der Waals surface area contributed by atoms with Crippen LogP contribution in [-0.2, 0) is 6.54 Å². The van der Waals surface area contributed by atoms with E-state index in [1.54, 1.807) is 0 Å². The SMILES string of the molecule is Nc1nc2cc(Br)ccc2n1CC1CCCCC1. The predicted molar refractivity (Wildman–Crippen MR) is 78.4 cm³/mol. The highest BCUT2D eigenvalue weighted by molar-refractivity contribution is 9.10. The number of anilines is 1. The number of fused-ring (bicyclic) bond motifs is 1. The Balaban J connectivity index is 1.92. The molecule has 0 aliphatic heterocycles. The minimum atomic E-state index is 0.647. The van der Waals surface area contributed by atoms with Gasteiger partial charge in [0.15, 0.2) is 0 Å². The zero-order valence-electron chi connectivity index (χ0n) is 10.4. The van der Waals surface area contributed by atoms with Gasteiger partial charge < -0.3 is 10.3 Å². The summed E-state index contributed by atoms with van der Waals surface area (Å²) in [6, 6.07) is 6.19. The number of aromatic nitrogens is 2. The lowest BCUT2D eigenvalue weighted by atomic mass is 9.89. The number of benzene rings is 1. The van der Waals surface area contributed by atoms with Gasteiger partial charge in [0, 0.05) is 11.0 Å². The molecule has 3 nitrogen and oxygen atoms in total. The van der Waals surface area contributed by atoms with Gasteiger partial charge in [0.2, 0.25) is 5.95 Å². The number of nitrogens with two attached hydrogens (primary N) is 1. The fourth-order valence-corrected chi connectivity index (χ4v) is 3.29. The second-order valence-corrected chi connectivity index (χ2v) is 6.13. The number of nitrogen functional groups attached to an aromatic ring is 1. The Kier molecular flexibility index (Phi) is 3.29. The molecule has 0 unspecified atom stereocenters. The van der Waals surface area contributed by atoms with Crippen LogP contribution in [0, 0.1) is 5.92 Å². The first kappa shape index (κ1) is 12.0. The van der Waals surface area contributed by atoms with Crippen LogP contribution in [0.2, 0.25) is 0 Å². The van der Waals surface area contributed by atoms with Gasteiger partial charge in [-0.3, -0.25) is 0 Å². The van der Waals surface area contributed by atoms with E-state index >= 15 is 0 Å². The lowest BCUT2D eigenvalue weighted by molar-refractivity contribution is 0.323. The molecular formula is C14H18BrN3. The summed E-state index contributed by atoms with van der Waals surface area (Å²) in [6.07, 6.45) is 6.78. The number of hydrogen-bond donors (Lipinski definition) is 1. The third-order valence-electron chi connectivity index (χ3n) is 3.91. The number of rotatable bonds is 2. The van der Waals surface area contributed by atoms with Crippen molar-refractivity contribution in [3.05, 3.63) is 22.7 Å². The van der Waals surface area contributed by atoms with Crippen LogP contribution in [0.15, 0.2) is 22.7 Å². The number of nitrogens with zero attached hydrogens (tertiary/aromatic N) is 2. The normalized spacial score (nSPS) is 17.4. The van der Waals surface area contributed by atoms with Crippen molar-refractivity contribution in [3.8, 4) is 0 Å². The summed E-state index contributed by atoms with van der Waals surface area (Å²) in [7, 11) is 0. The van der Waals surface area contributed by atoms with Gasteiger partial charge in [-0.1, -0.05) is 35.2 Å². The summed E-state index contributed by atoms with van der Waals surface area (Å²) < 4.78 is 3.23. The molecule has 4 heteroatoms. The highest BCUT2D eigenvalue weighted by atomic mass is 79.9. The van der Waals surface area contributed by atoms with E-state index in [0.29, 0.717) is 5.95 Å². The van der Waals surface area contributed by atoms with Gasteiger partial charge in [-0.05, 0) is 37.0 Å². The molecule has 0 atom stereocenters. The van der Waals surface area contributed by atoms with E-state index in [-0.39, 0.29) is 0 Å². The molecule has 96 valence electrons. The lowest BCUT2D eigenvalue weighted by Gasteiger charge is -2.22. The van der Waals surface area contributed by atoms with Crippen molar-refractivity contribution in [2.24, 2.45) is 5.92 Å². The molecule has 1 aromatic heterocycles. The number of imidazole rings is 1. The summed E-state index contributed by atoms with van der Waals surface area (Å²) in [5.41, 5.74) is 8.20. The maximum atomic E-state index is 6.06. The molecule has 1 aliphatic carbocycles. The zero-order valence-corrected chi connectivity index (χ0v) is 12.0. The Morgan fingerprint density at radius 2 is 2.06 bits per heavy atom. The molecule has 1 aromatic carbocycles. The Morgan fingerprint density at radius 1 is 1.28 bits per heavy atom. The van der Waals surface area contributed by atoms with Crippen molar-refractivity contribution in [2.45, 2.75) is 38.6 Å². The molecular weight excluding hydrogens is 290 g/mol. The highest BCUT2D eigenvalue weighted by Crippen LogP contribution is 2.28. The fourth-order valence-electron chi connectivity index (χ4n) is 2.94. The summed E-state index contributed by atoms with van der Waals surface area (Å²) in [6.45, 7) is 1.02. The van der Waals surface area contributed by atoms with E-state index in [1.807, 2.05) is 6.07 Å². The standard InChI is InChI=1S/C14H18BrN3/c15-11-6-7-13-12(8-11)17-14(16)18(13)9-10-4-2-1-3-5-10/h6-8,10H,1-5,9H2,(H2,16,17). The highest BCUT2D eigenvalue weighted by Gasteiger charge is 2.17. The van der Waals surface area contributed by atoms with E-state index in [0.717, 1.165) is 28.0 Å². The van der Waals surface area contributed by atoms with E-state index in [9.17, 15) is 0 Å². The minimum Gasteiger partial charge on any atom is -0.369 e. The van der Waals surface area contributed by atoms with Crippen LogP contribution in [0.4, 0.5) is 5.95 Å². The van der Waals surface area contributed by atoms with Crippen LogP contribution in [-0.4, -0.2) is 9.55 Å². The molecule has 0 saturated heterocycles. The Labute approximate surface area is 116 Å². The summed E-state index contributed by atoms with van der Waals surface area (Å²) in [5.74, 6) is 1.41. The topological polar surface area (TPSA) is 43.8 Å². The van der Waals surface area contributed by atoms with Gasteiger partial charge in [-0.15, -0.1) is 0 Å². The van der Waals surface area contributed by atoms with Crippen molar-refractivity contribution in [1.29, 1.82) is 0 Å². The first-order valence-corrected chi connectivity index (χ1v) is 7.44. The van der Waals surface area contributed by atoms with Crippen LogP contribution in [0.1, 0.15) is 32.1 Å². The Bertz CT molecular complexity index is 555. The second-order valence-electron chi connectivity index (χ2n) is 5.22. The molecule has 2 N–H and O–H groups in total. The molecule has 0 bridgehead atoms. The molecule has 1 fully saturated rings. The van der Waals surface area contributed by atoms with Crippen LogP contribution in [0.25, 0.3) is 11.0 Å². The fraction of sp³-hybridized carbons (Fsp3) is 0.500. The third kappa shape index (κ3) is 2.26. The maximum Gasteiger partial charge on any atom is 0.201 e. The van der Waals surface area contributed by atoms with Crippen LogP contribution in [0.3, 0.4) is 0 Å². The molecule has 0 radical (unpaired) electrons. The minimum absolute atomic E-state index is 0.647. The average Bonchev–Trinajstić information content (AvgIpc) is 2.66. The van der Waals surface area contributed by atoms with Gasteiger partial charge in [0.25, 0.3) is 0 Å². The van der Waals surface area contributed by atoms with Crippen LogP contribution in [0.5, 0.6) is 0 Å². The summed E-state index contributed by atoms with van der Waals surface area (Å²) in [4.78, 5) is 4.45. The first-order valence-electron chi connectivity index (χ1n) is 6.65. The zero-order chi connectivity index (χ0) is 12.5. The lowest BCUT2D eigenvalue weighted by Crippen LogP contribution is -2.15. The molecule has 1 heterocycles.